The van der Waals surface area contributed by atoms with Crippen molar-refractivity contribution in [1.29, 1.82) is 0 Å². The van der Waals surface area contributed by atoms with Crippen LogP contribution in [0.15, 0.2) is 35.7 Å². The number of benzene rings is 1. The van der Waals surface area contributed by atoms with Crippen LogP contribution < -0.4 is 0 Å². The van der Waals surface area contributed by atoms with Crippen molar-refractivity contribution in [2.45, 2.75) is 12.8 Å². The van der Waals surface area contributed by atoms with Gasteiger partial charge in [0, 0.05) is 5.56 Å². The van der Waals surface area contributed by atoms with Gasteiger partial charge in [0.05, 0.1) is 6.61 Å². The van der Waals surface area contributed by atoms with Gasteiger partial charge in [-0.25, -0.2) is 0 Å². The number of hydrogen-bond donors (Lipinski definition) is 1. The predicted octanol–water partition coefficient (Wildman–Crippen LogP) is 3.93. The fourth-order valence-electron chi connectivity index (χ4n) is 1.66. The summed E-state index contributed by atoms with van der Waals surface area (Å²) in [5.41, 5.74) is 1.06. The monoisotopic (exact) mass is 258 g/mol. The zero-order valence-corrected chi connectivity index (χ0v) is 9.48. The van der Waals surface area contributed by atoms with Crippen molar-refractivity contribution in [3.63, 3.8) is 0 Å². The van der Waals surface area contributed by atoms with E-state index in [1.165, 1.54) is 11.4 Å². The van der Waals surface area contributed by atoms with Crippen LogP contribution in [-0.2, 0) is 12.8 Å². The van der Waals surface area contributed by atoms with E-state index in [0.717, 1.165) is 0 Å². The number of alkyl halides is 3. The highest BCUT2D eigenvalue weighted by molar-refractivity contribution is 7.10. The fourth-order valence-corrected chi connectivity index (χ4v) is 2.44. The molecule has 0 radical (unpaired) electrons. The number of hydrogen-bond acceptors (Lipinski definition) is 2. The van der Waals surface area contributed by atoms with E-state index in [0.29, 0.717) is 22.5 Å². The molecule has 5 heteroatoms. The molecule has 0 unspecified atom stereocenters. The quantitative estimate of drug-likeness (QED) is 0.865. The third kappa shape index (κ3) is 2.35. The molecule has 1 nitrogen and oxygen atoms in total. The van der Waals surface area contributed by atoms with Gasteiger partial charge in [-0.2, -0.15) is 13.2 Å². The molecule has 17 heavy (non-hydrogen) atoms. The second kappa shape index (κ2) is 4.50. The van der Waals surface area contributed by atoms with Gasteiger partial charge in [0.15, 0.2) is 0 Å². The maximum absolute atomic E-state index is 12.8. The highest BCUT2D eigenvalue weighted by atomic mass is 32.1. The van der Waals surface area contributed by atoms with Crippen LogP contribution >= 0.6 is 11.3 Å². The Labute approximate surface area is 100 Å². The Morgan fingerprint density at radius 3 is 2.41 bits per heavy atom. The largest absolute Gasteiger partial charge is 0.426 e. The molecule has 0 saturated carbocycles. The minimum Gasteiger partial charge on any atom is -0.392 e. The lowest BCUT2D eigenvalue weighted by atomic mass is 10.0. The summed E-state index contributed by atoms with van der Waals surface area (Å²) >= 11 is 0.664. The van der Waals surface area contributed by atoms with Crippen molar-refractivity contribution in [3.8, 4) is 11.1 Å². The number of aliphatic hydroxyl groups is 1. The third-order valence-corrected chi connectivity index (χ3v) is 3.36. The lowest BCUT2D eigenvalue weighted by Crippen LogP contribution is -2.04. The summed E-state index contributed by atoms with van der Waals surface area (Å²) in [5.74, 6) is 0. The van der Waals surface area contributed by atoms with E-state index in [2.05, 4.69) is 0 Å². The van der Waals surface area contributed by atoms with E-state index in [1.54, 1.807) is 24.3 Å². The molecule has 90 valence electrons. The molecule has 1 N–H and O–H groups in total. The first-order chi connectivity index (χ1) is 8.04. The maximum Gasteiger partial charge on any atom is 0.426 e. The van der Waals surface area contributed by atoms with Crippen molar-refractivity contribution in [2.24, 2.45) is 0 Å². The molecular formula is C12H9F3OS. The Balaban J connectivity index is 2.58. The summed E-state index contributed by atoms with van der Waals surface area (Å²) in [7, 11) is 0. The SMILES string of the molecule is OCc1ccccc1-c1ccsc1C(F)(F)F. The second-order valence-electron chi connectivity index (χ2n) is 3.48. The van der Waals surface area contributed by atoms with Gasteiger partial charge in [-0.3, -0.25) is 0 Å². The van der Waals surface area contributed by atoms with Crippen LogP contribution in [0.4, 0.5) is 13.2 Å². The molecular weight excluding hydrogens is 249 g/mol. The first-order valence-electron chi connectivity index (χ1n) is 4.88. The first kappa shape index (κ1) is 12.1. The van der Waals surface area contributed by atoms with Crippen molar-refractivity contribution in [1.82, 2.24) is 0 Å². The Bertz CT molecular complexity index is 516. The van der Waals surface area contributed by atoms with E-state index in [4.69, 9.17) is 5.11 Å². The molecule has 0 atom stereocenters. The molecule has 0 aliphatic carbocycles. The lowest BCUT2D eigenvalue weighted by Gasteiger charge is -2.10. The molecule has 0 spiro atoms. The van der Waals surface area contributed by atoms with Crippen LogP contribution in [0, 0.1) is 0 Å². The molecule has 1 heterocycles. The van der Waals surface area contributed by atoms with Crippen LogP contribution in [-0.4, -0.2) is 5.11 Å². The smallest absolute Gasteiger partial charge is 0.392 e. The number of thiophene rings is 1. The van der Waals surface area contributed by atoms with Crippen LogP contribution in [0.25, 0.3) is 11.1 Å². The summed E-state index contributed by atoms with van der Waals surface area (Å²) in [6, 6.07) is 7.99. The Hall–Kier alpha value is -1.33. The van der Waals surface area contributed by atoms with Gasteiger partial charge < -0.3 is 5.11 Å². The van der Waals surface area contributed by atoms with E-state index in [-0.39, 0.29) is 12.2 Å². The van der Waals surface area contributed by atoms with Gasteiger partial charge >= 0.3 is 6.18 Å². The molecule has 0 aliphatic heterocycles. The van der Waals surface area contributed by atoms with Gasteiger partial charge in [0.25, 0.3) is 0 Å². The third-order valence-electron chi connectivity index (χ3n) is 2.40. The second-order valence-corrected chi connectivity index (χ2v) is 4.39. The van der Waals surface area contributed by atoms with E-state index in [9.17, 15) is 13.2 Å². The molecule has 0 aliphatic rings. The van der Waals surface area contributed by atoms with E-state index >= 15 is 0 Å². The van der Waals surface area contributed by atoms with Crippen molar-refractivity contribution >= 4 is 11.3 Å². The molecule has 2 rings (SSSR count). The van der Waals surface area contributed by atoms with Gasteiger partial charge in [0.1, 0.15) is 4.88 Å². The average Bonchev–Trinajstić information content (AvgIpc) is 2.77. The summed E-state index contributed by atoms with van der Waals surface area (Å²) in [6.07, 6.45) is -4.36. The Morgan fingerprint density at radius 1 is 1.06 bits per heavy atom. The summed E-state index contributed by atoms with van der Waals surface area (Å²) in [6.45, 7) is -0.274. The van der Waals surface area contributed by atoms with E-state index in [1.807, 2.05) is 0 Å². The minimum absolute atomic E-state index is 0.132. The van der Waals surface area contributed by atoms with Crippen molar-refractivity contribution < 1.29 is 18.3 Å². The average molecular weight is 258 g/mol. The number of rotatable bonds is 2. The molecule has 1 aromatic heterocycles. The van der Waals surface area contributed by atoms with Crippen LogP contribution in [0.3, 0.4) is 0 Å². The molecule has 0 fully saturated rings. The zero-order chi connectivity index (χ0) is 12.5. The fraction of sp³-hybridized carbons (Fsp3) is 0.167. The summed E-state index contributed by atoms with van der Waals surface area (Å²) in [5, 5.41) is 10.5. The topological polar surface area (TPSA) is 20.2 Å². The van der Waals surface area contributed by atoms with Gasteiger partial charge in [-0.05, 0) is 22.6 Å². The van der Waals surface area contributed by atoms with Crippen LogP contribution in [0.1, 0.15) is 10.4 Å². The Kier molecular flexibility index (Phi) is 3.22. The van der Waals surface area contributed by atoms with Crippen LogP contribution in [0.5, 0.6) is 0 Å². The highest BCUT2D eigenvalue weighted by Crippen LogP contribution is 2.41. The molecule has 1 aromatic carbocycles. The summed E-state index contributed by atoms with van der Waals surface area (Å²) in [4.78, 5) is -0.626. The lowest BCUT2D eigenvalue weighted by molar-refractivity contribution is -0.133. The van der Waals surface area contributed by atoms with Gasteiger partial charge in [-0.15, -0.1) is 11.3 Å². The van der Waals surface area contributed by atoms with Crippen molar-refractivity contribution in [3.05, 3.63) is 46.2 Å². The highest BCUT2D eigenvalue weighted by Gasteiger charge is 2.35. The standard InChI is InChI=1S/C12H9F3OS/c13-12(14,15)11-10(5-6-17-11)9-4-2-1-3-8(9)7-16/h1-6,16H,7H2. The van der Waals surface area contributed by atoms with Crippen molar-refractivity contribution in [2.75, 3.05) is 0 Å². The predicted molar refractivity (Wildman–Crippen MR) is 60.7 cm³/mol. The zero-order valence-electron chi connectivity index (χ0n) is 8.66. The molecule has 2 aromatic rings. The Morgan fingerprint density at radius 2 is 1.76 bits per heavy atom. The van der Waals surface area contributed by atoms with Gasteiger partial charge in [0.2, 0.25) is 0 Å². The van der Waals surface area contributed by atoms with Crippen LogP contribution in [0.2, 0.25) is 0 Å². The molecule has 0 bridgehead atoms. The van der Waals surface area contributed by atoms with Gasteiger partial charge in [-0.1, -0.05) is 24.3 Å². The number of halogens is 3. The summed E-state index contributed by atoms with van der Waals surface area (Å²) < 4.78 is 38.3. The first-order valence-corrected chi connectivity index (χ1v) is 5.76. The normalized spacial score (nSPS) is 11.8. The van der Waals surface area contributed by atoms with E-state index < -0.39 is 11.1 Å². The molecule has 0 amide bonds. The molecule has 0 saturated heterocycles. The number of aliphatic hydroxyl groups excluding tert-OH is 1. The minimum atomic E-state index is -4.36. The maximum atomic E-state index is 12.8.